The molecule has 2 aliphatic heterocycles. The maximum Gasteiger partial charge on any atom is 0.0831 e. The van der Waals surface area contributed by atoms with Crippen molar-refractivity contribution in [2.24, 2.45) is 0 Å². The first-order valence-corrected chi connectivity index (χ1v) is 5.08. The Kier molecular flexibility index (Phi) is 2.83. The maximum atomic E-state index is 9.64. The van der Waals surface area contributed by atoms with Gasteiger partial charge in [0.15, 0.2) is 0 Å². The van der Waals surface area contributed by atoms with Gasteiger partial charge in [-0.3, -0.25) is 4.90 Å². The summed E-state index contributed by atoms with van der Waals surface area (Å²) in [6, 6.07) is 0.271. The second kappa shape index (κ2) is 3.92. The van der Waals surface area contributed by atoms with Gasteiger partial charge < -0.3 is 15.5 Å². The monoisotopic (exact) mass is 186 g/mol. The van der Waals surface area contributed by atoms with E-state index in [1.54, 1.807) is 0 Å². The molecule has 4 heteroatoms. The summed E-state index contributed by atoms with van der Waals surface area (Å²) in [4.78, 5) is 2.29. The molecule has 2 heterocycles. The van der Waals surface area contributed by atoms with E-state index in [2.05, 4.69) is 10.2 Å². The molecule has 2 atom stereocenters. The minimum atomic E-state index is -0.227. The molecule has 0 aromatic carbocycles. The van der Waals surface area contributed by atoms with Crippen LogP contribution >= 0.6 is 0 Å². The van der Waals surface area contributed by atoms with Crippen LogP contribution in [0.15, 0.2) is 0 Å². The van der Waals surface area contributed by atoms with Crippen molar-refractivity contribution in [2.75, 3.05) is 26.2 Å². The molecular weight excluding hydrogens is 168 g/mol. The third-order valence-corrected chi connectivity index (χ3v) is 3.12. The number of aliphatic hydroxyl groups is 2. The van der Waals surface area contributed by atoms with Crippen LogP contribution in [0.4, 0.5) is 0 Å². The van der Waals surface area contributed by atoms with Gasteiger partial charge in [-0.25, -0.2) is 0 Å². The van der Waals surface area contributed by atoms with Crippen LogP contribution in [0.3, 0.4) is 0 Å². The predicted octanol–water partition coefficient (Wildman–Crippen LogP) is -1.22. The van der Waals surface area contributed by atoms with E-state index in [0.29, 0.717) is 6.54 Å². The zero-order chi connectivity index (χ0) is 9.26. The molecule has 2 rings (SSSR count). The van der Waals surface area contributed by atoms with E-state index in [1.165, 1.54) is 0 Å². The largest absolute Gasteiger partial charge is 0.393 e. The molecule has 0 radical (unpaired) electrons. The Balaban J connectivity index is 1.86. The lowest BCUT2D eigenvalue weighted by Gasteiger charge is -2.35. The zero-order valence-corrected chi connectivity index (χ0v) is 7.82. The van der Waals surface area contributed by atoms with E-state index in [9.17, 15) is 10.2 Å². The summed E-state index contributed by atoms with van der Waals surface area (Å²) >= 11 is 0. The van der Waals surface area contributed by atoms with Crippen molar-refractivity contribution in [1.29, 1.82) is 0 Å². The molecule has 2 aliphatic rings. The van der Waals surface area contributed by atoms with Crippen LogP contribution in [-0.4, -0.2) is 59.5 Å². The standard InChI is InChI=1S/C9H18N2O2/c12-7-1-3-11(4-2-7)8-5-10-6-9(8)13/h7-10,12-13H,1-6H2/t8-,9-/m0/s1. The fourth-order valence-corrected chi connectivity index (χ4v) is 2.24. The van der Waals surface area contributed by atoms with Gasteiger partial charge in [-0.2, -0.15) is 0 Å². The predicted molar refractivity (Wildman–Crippen MR) is 49.5 cm³/mol. The highest BCUT2D eigenvalue weighted by molar-refractivity contribution is 4.90. The number of nitrogens with one attached hydrogen (secondary N) is 1. The van der Waals surface area contributed by atoms with Crippen LogP contribution in [0.25, 0.3) is 0 Å². The van der Waals surface area contributed by atoms with Crippen LogP contribution in [0.1, 0.15) is 12.8 Å². The minimum Gasteiger partial charge on any atom is -0.393 e. The first kappa shape index (κ1) is 9.40. The Morgan fingerprint density at radius 2 is 1.77 bits per heavy atom. The quantitative estimate of drug-likeness (QED) is 0.480. The first-order chi connectivity index (χ1) is 6.27. The van der Waals surface area contributed by atoms with Crippen molar-refractivity contribution in [3.8, 4) is 0 Å². The Labute approximate surface area is 78.5 Å². The number of likely N-dealkylation sites (tertiary alicyclic amines) is 1. The van der Waals surface area contributed by atoms with Crippen molar-refractivity contribution in [2.45, 2.75) is 31.1 Å². The smallest absolute Gasteiger partial charge is 0.0831 e. The Morgan fingerprint density at radius 1 is 1.08 bits per heavy atom. The summed E-state index contributed by atoms with van der Waals surface area (Å²) < 4.78 is 0. The highest BCUT2D eigenvalue weighted by atomic mass is 16.3. The lowest BCUT2D eigenvalue weighted by Crippen LogP contribution is -2.48. The van der Waals surface area contributed by atoms with Gasteiger partial charge in [-0.15, -0.1) is 0 Å². The van der Waals surface area contributed by atoms with Gasteiger partial charge in [0.05, 0.1) is 12.2 Å². The number of piperidine rings is 1. The summed E-state index contributed by atoms with van der Waals surface area (Å²) in [7, 11) is 0. The van der Waals surface area contributed by atoms with Gasteiger partial charge in [-0.1, -0.05) is 0 Å². The molecule has 0 aromatic heterocycles. The average Bonchev–Trinajstić information content (AvgIpc) is 2.53. The van der Waals surface area contributed by atoms with Crippen molar-refractivity contribution >= 4 is 0 Å². The topological polar surface area (TPSA) is 55.7 Å². The number of hydrogen-bond donors (Lipinski definition) is 3. The fourth-order valence-electron chi connectivity index (χ4n) is 2.24. The summed E-state index contributed by atoms with van der Waals surface area (Å²) in [5.74, 6) is 0. The van der Waals surface area contributed by atoms with E-state index < -0.39 is 0 Å². The number of nitrogens with zero attached hydrogens (tertiary/aromatic N) is 1. The lowest BCUT2D eigenvalue weighted by atomic mass is 10.0. The first-order valence-electron chi connectivity index (χ1n) is 5.08. The van der Waals surface area contributed by atoms with Crippen molar-refractivity contribution in [1.82, 2.24) is 10.2 Å². The molecule has 0 aliphatic carbocycles. The second-order valence-corrected chi connectivity index (χ2v) is 4.06. The molecule has 0 unspecified atom stereocenters. The molecule has 2 fully saturated rings. The molecule has 4 nitrogen and oxygen atoms in total. The second-order valence-electron chi connectivity index (χ2n) is 4.06. The van der Waals surface area contributed by atoms with Crippen LogP contribution in [-0.2, 0) is 0 Å². The van der Waals surface area contributed by atoms with E-state index in [-0.39, 0.29) is 18.2 Å². The van der Waals surface area contributed by atoms with Gasteiger partial charge in [0, 0.05) is 32.2 Å². The SMILES string of the molecule is OC1CCN([C@H]2CNC[C@@H]2O)CC1. The number of β-amino-alcohol motifs (C(OH)–C–C–N with tert-alkyl or cyclic N) is 1. The Hall–Kier alpha value is -0.160. The lowest BCUT2D eigenvalue weighted by molar-refractivity contribution is 0.0282. The average molecular weight is 186 g/mol. The van der Waals surface area contributed by atoms with E-state index in [1.807, 2.05) is 0 Å². The summed E-state index contributed by atoms with van der Waals surface area (Å²) in [5.41, 5.74) is 0. The van der Waals surface area contributed by atoms with Gasteiger partial charge in [0.2, 0.25) is 0 Å². The zero-order valence-electron chi connectivity index (χ0n) is 7.82. The highest BCUT2D eigenvalue weighted by Crippen LogP contribution is 2.16. The van der Waals surface area contributed by atoms with Crippen molar-refractivity contribution in [3.63, 3.8) is 0 Å². The van der Waals surface area contributed by atoms with Crippen LogP contribution in [0.2, 0.25) is 0 Å². The Bertz CT molecular complexity index is 169. The van der Waals surface area contributed by atoms with Gasteiger partial charge in [0.25, 0.3) is 0 Å². The van der Waals surface area contributed by atoms with Gasteiger partial charge in [-0.05, 0) is 12.8 Å². The highest BCUT2D eigenvalue weighted by Gasteiger charge is 2.32. The number of aliphatic hydroxyl groups excluding tert-OH is 2. The van der Waals surface area contributed by atoms with E-state index in [0.717, 1.165) is 32.5 Å². The fraction of sp³-hybridized carbons (Fsp3) is 1.00. The number of hydrogen-bond acceptors (Lipinski definition) is 4. The third-order valence-electron chi connectivity index (χ3n) is 3.12. The van der Waals surface area contributed by atoms with Crippen molar-refractivity contribution in [3.05, 3.63) is 0 Å². The molecular formula is C9H18N2O2. The molecule has 2 saturated heterocycles. The van der Waals surface area contributed by atoms with Crippen LogP contribution < -0.4 is 5.32 Å². The normalized spacial score (nSPS) is 38.3. The molecule has 13 heavy (non-hydrogen) atoms. The molecule has 0 saturated carbocycles. The molecule has 3 N–H and O–H groups in total. The summed E-state index contributed by atoms with van der Waals surface area (Å²) in [6.45, 7) is 3.44. The van der Waals surface area contributed by atoms with E-state index >= 15 is 0 Å². The molecule has 0 amide bonds. The van der Waals surface area contributed by atoms with Crippen molar-refractivity contribution < 1.29 is 10.2 Å². The van der Waals surface area contributed by atoms with Crippen LogP contribution in [0, 0.1) is 0 Å². The molecule has 0 spiro atoms. The maximum absolute atomic E-state index is 9.64. The summed E-state index contributed by atoms with van der Waals surface area (Å²) in [5, 5.41) is 22.1. The van der Waals surface area contributed by atoms with Gasteiger partial charge >= 0.3 is 0 Å². The van der Waals surface area contributed by atoms with Crippen LogP contribution in [0.5, 0.6) is 0 Å². The minimum absolute atomic E-state index is 0.122. The summed E-state index contributed by atoms with van der Waals surface area (Å²) in [6.07, 6.45) is 1.35. The van der Waals surface area contributed by atoms with E-state index in [4.69, 9.17) is 0 Å². The third kappa shape index (κ3) is 2.02. The molecule has 0 bridgehead atoms. The number of rotatable bonds is 1. The molecule has 0 aromatic rings. The Morgan fingerprint density at radius 3 is 2.31 bits per heavy atom. The molecule has 76 valence electrons. The van der Waals surface area contributed by atoms with Gasteiger partial charge in [0.1, 0.15) is 0 Å².